The number of hydrogen-bond donors (Lipinski definition) is 0. The van der Waals surface area contributed by atoms with Crippen LogP contribution in [0.5, 0.6) is 0 Å². The Morgan fingerprint density at radius 3 is 2.12 bits per heavy atom. The van der Waals surface area contributed by atoms with Crippen LogP contribution in [0.1, 0.15) is 26.3 Å². The normalized spacial score (nSPS) is 11.2. The van der Waals surface area contributed by atoms with Gasteiger partial charge in [0.2, 0.25) is 0 Å². The third-order valence-corrected chi connectivity index (χ3v) is 8.26. The molecule has 1 aromatic carbocycles. The molecule has 90 valence electrons. The molecule has 1 heteroatoms. The molecule has 0 spiro atoms. The minimum Gasteiger partial charge on any atom is -0.127 e. The Hall–Kier alpha value is -1.26. The molecule has 0 saturated heterocycles. The lowest BCUT2D eigenvalue weighted by molar-refractivity contribution is 1.20. The van der Waals surface area contributed by atoms with Gasteiger partial charge in [-0.05, 0) is 35.8 Å². The second-order valence-electron chi connectivity index (χ2n) is 4.35. The van der Waals surface area contributed by atoms with Gasteiger partial charge in [0.1, 0.15) is 8.07 Å². The molecule has 0 aromatic heterocycles. The van der Waals surface area contributed by atoms with Crippen LogP contribution < -0.4 is 0 Å². The second-order valence-corrected chi connectivity index (χ2v) is 9.29. The van der Waals surface area contributed by atoms with E-state index in [4.69, 9.17) is 0 Å². The molecule has 0 radical (unpaired) electrons. The van der Waals surface area contributed by atoms with Crippen molar-refractivity contribution < 1.29 is 0 Å². The predicted molar refractivity (Wildman–Crippen MR) is 80.4 cm³/mol. The first-order valence-corrected chi connectivity index (χ1v) is 9.12. The molecule has 0 N–H and O–H groups in total. The summed E-state index contributed by atoms with van der Waals surface area (Å²) in [6, 6.07) is 14.1. The monoisotopic (exact) mass is 242 g/mol. The van der Waals surface area contributed by atoms with Gasteiger partial charge in [-0.2, -0.15) is 0 Å². The lowest BCUT2D eigenvalue weighted by Gasteiger charge is -2.19. The van der Waals surface area contributed by atoms with E-state index in [0.29, 0.717) is 0 Å². The van der Waals surface area contributed by atoms with E-state index in [-0.39, 0.29) is 0 Å². The molecule has 1 aromatic rings. The maximum absolute atomic E-state index is 3.55. The van der Waals surface area contributed by atoms with Gasteiger partial charge in [-0.25, -0.2) is 0 Å². The summed E-state index contributed by atoms with van der Waals surface area (Å²) in [7, 11) is -1.27. The summed E-state index contributed by atoms with van der Waals surface area (Å²) in [5, 5.41) is 0. The SMILES string of the molecule is CC[Si](C#C/C=C/c1ccccc1)(CC)CC. The van der Waals surface area contributed by atoms with Gasteiger partial charge in [0.05, 0.1) is 0 Å². The highest BCUT2D eigenvalue weighted by molar-refractivity contribution is 6.87. The van der Waals surface area contributed by atoms with Gasteiger partial charge >= 0.3 is 0 Å². The van der Waals surface area contributed by atoms with Crippen LogP contribution >= 0.6 is 0 Å². The van der Waals surface area contributed by atoms with Crippen molar-refractivity contribution in [2.45, 2.75) is 38.9 Å². The van der Waals surface area contributed by atoms with Crippen LogP contribution in [0.25, 0.3) is 6.08 Å². The van der Waals surface area contributed by atoms with E-state index < -0.39 is 8.07 Å². The van der Waals surface area contributed by atoms with E-state index in [1.807, 2.05) is 12.1 Å². The Morgan fingerprint density at radius 2 is 1.59 bits per heavy atom. The summed E-state index contributed by atoms with van der Waals surface area (Å²) in [5.41, 5.74) is 4.78. The van der Waals surface area contributed by atoms with Gasteiger partial charge in [0.25, 0.3) is 0 Å². The maximum atomic E-state index is 3.55. The molecular weight excluding hydrogens is 220 g/mol. The summed E-state index contributed by atoms with van der Waals surface area (Å²) < 4.78 is 0. The Balaban J connectivity index is 2.70. The van der Waals surface area contributed by atoms with Crippen molar-refractivity contribution in [1.82, 2.24) is 0 Å². The Bertz CT molecular complexity index is 394. The van der Waals surface area contributed by atoms with Crippen molar-refractivity contribution in [3.05, 3.63) is 42.0 Å². The van der Waals surface area contributed by atoms with Gasteiger partial charge in [-0.3, -0.25) is 0 Å². The molecule has 1 rings (SSSR count). The molecule has 0 bridgehead atoms. The van der Waals surface area contributed by atoms with Gasteiger partial charge in [0, 0.05) is 0 Å². The Morgan fingerprint density at radius 1 is 1.00 bits per heavy atom. The maximum Gasteiger partial charge on any atom is 0.138 e. The highest BCUT2D eigenvalue weighted by Crippen LogP contribution is 2.18. The zero-order valence-electron chi connectivity index (χ0n) is 11.2. The molecule has 0 unspecified atom stereocenters. The largest absolute Gasteiger partial charge is 0.138 e. The van der Waals surface area contributed by atoms with E-state index in [9.17, 15) is 0 Å². The third-order valence-electron chi connectivity index (χ3n) is 3.53. The van der Waals surface area contributed by atoms with Crippen molar-refractivity contribution in [3.8, 4) is 11.5 Å². The van der Waals surface area contributed by atoms with Crippen LogP contribution in [0.3, 0.4) is 0 Å². The molecule has 0 atom stereocenters. The number of allylic oxidation sites excluding steroid dienone is 1. The van der Waals surface area contributed by atoms with E-state index in [0.717, 1.165) is 0 Å². The summed E-state index contributed by atoms with van der Waals surface area (Å²) >= 11 is 0. The molecule has 0 amide bonds. The Kier molecular flexibility index (Phi) is 5.80. The molecule has 0 saturated carbocycles. The van der Waals surface area contributed by atoms with Crippen molar-refractivity contribution in [2.75, 3.05) is 0 Å². The van der Waals surface area contributed by atoms with Crippen LogP contribution in [0, 0.1) is 11.5 Å². The van der Waals surface area contributed by atoms with Crippen LogP contribution in [0.2, 0.25) is 18.1 Å². The fourth-order valence-electron chi connectivity index (χ4n) is 1.91. The summed E-state index contributed by atoms with van der Waals surface area (Å²) in [5.74, 6) is 3.26. The third kappa shape index (κ3) is 4.24. The smallest absolute Gasteiger partial charge is 0.127 e. The highest BCUT2D eigenvalue weighted by Gasteiger charge is 2.23. The first kappa shape index (κ1) is 13.8. The van der Waals surface area contributed by atoms with Crippen LogP contribution in [-0.2, 0) is 0 Å². The van der Waals surface area contributed by atoms with Crippen molar-refractivity contribution in [1.29, 1.82) is 0 Å². The Labute approximate surface area is 107 Å². The quantitative estimate of drug-likeness (QED) is 0.528. The van der Waals surface area contributed by atoms with E-state index in [1.54, 1.807) is 0 Å². The van der Waals surface area contributed by atoms with Crippen molar-refractivity contribution in [2.24, 2.45) is 0 Å². The van der Waals surface area contributed by atoms with Gasteiger partial charge in [-0.1, -0.05) is 57.0 Å². The number of hydrogen-bond acceptors (Lipinski definition) is 0. The molecule has 0 fully saturated rings. The summed E-state index contributed by atoms with van der Waals surface area (Å²) in [6.07, 6.45) is 4.09. The zero-order chi connectivity index (χ0) is 12.6. The lowest BCUT2D eigenvalue weighted by Crippen LogP contribution is -2.29. The van der Waals surface area contributed by atoms with Gasteiger partial charge < -0.3 is 0 Å². The fourth-order valence-corrected chi connectivity index (χ4v) is 4.33. The molecule has 0 heterocycles. The minimum atomic E-state index is -1.27. The number of rotatable bonds is 4. The van der Waals surface area contributed by atoms with Gasteiger partial charge in [-0.15, -0.1) is 5.54 Å². The second kappa shape index (κ2) is 7.14. The molecular formula is C16H22Si. The summed E-state index contributed by atoms with van der Waals surface area (Å²) in [6.45, 7) is 6.86. The summed E-state index contributed by atoms with van der Waals surface area (Å²) in [4.78, 5) is 0. The standard InChI is InChI=1S/C16H22Si/c1-4-17(5-2,6-3)15-11-10-14-16-12-8-7-9-13-16/h7-10,12-14H,4-6H2,1-3H3/b14-10+. The average Bonchev–Trinajstić information content (AvgIpc) is 2.41. The molecule has 0 aliphatic heterocycles. The molecule has 17 heavy (non-hydrogen) atoms. The fraction of sp³-hybridized carbons (Fsp3) is 0.375. The zero-order valence-corrected chi connectivity index (χ0v) is 12.2. The minimum absolute atomic E-state index is 1.22. The first-order chi connectivity index (χ1) is 8.26. The first-order valence-electron chi connectivity index (χ1n) is 6.50. The predicted octanol–water partition coefficient (Wildman–Crippen LogP) is 4.75. The average molecular weight is 242 g/mol. The van der Waals surface area contributed by atoms with Crippen molar-refractivity contribution in [3.63, 3.8) is 0 Å². The van der Waals surface area contributed by atoms with Crippen LogP contribution in [-0.4, -0.2) is 8.07 Å². The molecule has 0 aliphatic rings. The van der Waals surface area contributed by atoms with Crippen LogP contribution in [0.15, 0.2) is 36.4 Å². The van der Waals surface area contributed by atoms with E-state index in [2.05, 4.69) is 62.6 Å². The molecule has 0 nitrogen and oxygen atoms in total. The highest BCUT2D eigenvalue weighted by atomic mass is 28.3. The van der Waals surface area contributed by atoms with E-state index >= 15 is 0 Å². The number of benzene rings is 1. The van der Waals surface area contributed by atoms with Crippen molar-refractivity contribution >= 4 is 14.1 Å². The lowest BCUT2D eigenvalue weighted by atomic mass is 10.2. The van der Waals surface area contributed by atoms with Gasteiger partial charge in [0.15, 0.2) is 0 Å². The van der Waals surface area contributed by atoms with E-state index in [1.165, 1.54) is 23.7 Å². The molecule has 0 aliphatic carbocycles. The van der Waals surface area contributed by atoms with Crippen LogP contribution in [0.4, 0.5) is 0 Å². The topological polar surface area (TPSA) is 0 Å².